The number of amides is 1. The highest BCUT2D eigenvalue weighted by Crippen LogP contribution is 2.34. The molecule has 2 N–H and O–H groups in total. The van der Waals surface area contributed by atoms with Crippen molar-refractivity contribution >= 4 is 11.7 Å². The number of alkyl halides is 3. The van der Waals surface area contributed by atoms with Crippen LogP contribution in [0.15, 0.2) is 6.20 Å². The van der Waals surface area contributed by atoms with Crippen LogP contribution in [0.25, 0.3) is 0 Å². The molecule has 0 radical (unpaired) electrons. The van der Waals surface area contributed by atoms with E-state index in [0.717, 1.165) is 0 Å². The van der Waals surface area contributed by atoms with E-state index in [1.54, 1.807) is 0 Å². The summed E-state index contributed by atoms with van der Waals surface area (Å²) in [5.74, 6) is -1.74. The number of hydrogen-bond acceptors (Lipinski definition) is 3. The van der Waals surface area contributed by atoms with Crippen molar-refractivity contribution in [3.05, 3.63) is 11.8 Å². The van der Waals surface area contributed by atoms with Crippen LogP contribution in [0.4, 0.5) is 19.0 Å². The molecule has 0 bridgehead atoms. The van der Waals surface area contributed by atoms with Gasteiger partial charge in [-0.1, -0.05) is 0 Å². The van der Waals surface area contributed by atoms with Crippen molar-refractivity contribution < 1.29 is 18.0 Å². The zero-order chi connectivity index (χ0) is 15.1. The van der Waals surface area contributed by atoms with Gasteiger partial charge in [0.15, 0.2) is 0 Å². The maximum absolute atomic E-state index is 12.6. The summed E-state index contributed by atoms with van der Waals surface area (Å²) in [5, 5.41) is 4.00. The molecule has 0 aromatic carbocycles. The molecule has 1 saturated heterocycles. The van der Waals surface area contributed by atoms with E-state index < -0.39 is 18.0 Å². The first kappa shape index (κ1) is 14.7. The molecule has 1 aliphatic rings. The molecular weight excluding hydrogens is 273 g/mol. The Labute approximate surface area is 114 Å². The lowest BCUT2D eigenvalue weighted by atomic mass is 10.1. The number of carbonyl (C=O) groups is 1. The highest BCUT2D eigenvalue weighted by molar-refractivity contribution is 5.98. The summed E-state index contributed by atoms with van der Waals surface area (Å²) in [5.41, 5.74) is 5.99. The van der Waals surface area contributed by atoms with Gasteiger partial charge in [-0.2, -0.15) is 18.3 Å². The first-order valence-corrected chi connectivity index (χ1v) is 6.40. The quantitative estimate of drug-likeness (QED) is 0.907. The summed E-state index contributed by atoms with van der Waals surface area (Å²) in [7, 11) is 0. The fourth-order valence-electron chi connectivity index (χ4n) is 2.33. The lowest BCUT2D eigenvalue weighted by Crippen LogP contribution is -2.32. The molecule has 2 heterocycles. The summed E-state index contributed by atoms with van der Waals surface area (Å²) in [6, 6.07) is -0.0157. The molecule has 1 aliphatic heterocycles. The highest BCUT2D eigenvalue weighted by Gasteiger charge is 2.45. The van der Waals surface area contributed by atoms with E-state index in [1.165, 1.54) is 15.8 Å². The van der Waals surface area contributed by atoms with Crippen LogP contribution in [0.2, 0.25) is 0 Å². The zero-order valence-corrected chi connectivity index (χ0v) is 11.3. The normalized spacial score (nSPS) is 19.9. The average Bonchev–Trinajstić information content (AvgIpc) is 2.93. The Balaban J connectivity index is 2.14. The summed E-state index contributed by atoms with van der Waals surface area (Å²) in [6.07, 6.45) is -3.01. The second-order valence-electron chi connectivity index (χ2n) is 5.26. The standard InChI is InChI=1S/C12H17F3N4O/c1-7(2)19-10(16)9(5-17-19)11(20)18-4-3-8(6-18)12(13,14)15/h5,7-8H,3-4,6,16H2,1-2H3. The maximum Gasteiger partial charge on any atom is 0.393 e. The molecule has 5 nitrogen and oxygen atoms in total. The Hall–Kier alpha value is -1.73. The Kier molecular flexibility index (Phi) is 3.66. The first-order valence-electron chi connectivity index (χ1n) is 6.40. The van der Waals surface area contributed by atoms with Gasteiger partial charge >= 0.3 is 6.18 Å². The van der Waals surface area contributed by atoms with Crippen molar-refractivity contribution in [2.75, 3.05) is 18.8 Å². The number of nitrogen functional groups attached to an aromatic ring is 1. The minimum Gasteiger partial charge on any atom is -0.383 e. The van der Waals surface area contributed by atoms with Crippen LogP contribution in [0.1, 0.15) is 36.7 Å². The van der Waals surface area contributed by atoms with Gasteiger partial charge in [-0.15, -0.1) is 0 Å². The second-order valence-corrected chi connectivity index (χ2v) is 5.26. The van der Waals surface area contributed by atoms with Crippen LogP contribution in [0, 0.1) is 5.92 Å². The van der Waals surface area contributed by atoms with E-state index in [0.29, 0.717) is 0 Å². The molecule has 1 unspecified atom stereocenters. The maximum atomic E-state index is 12.6. The minimum atomic E-state index is -4.26. The fraction of sp³-hybridized carbons (Fsp3) is 0.667. The SMILES string of the molecule is CC(C)n1ncc(C(=O)N2CCC(C(F)(F)F)C2)c1N. The van der Waals surface area contributed by atoms with Crippen LogP contribution < -0.4 is 5.73 Å². The number of anilines is 1. The monoisotopic (exact) mass is 290 g/mol. The van der Waals surface area contributed by atoms with Crippen LogP contribution in [-0.4, -0.2) is 39.9 Å². The van der Waals surface area contributed by atoms with E-state index >= 15 is 0 Å². The molecule has 1 amide bonds. The average molecular weight is 290 g/mol. The van der Waals surface area contributed by atoms with Crippen molar-refractivity contribution in [3.8, 4) is 0 Å². The van der Waals surface area contributed by atoms with Crippen molar-refractivity contribution in [2.45, 2.75) is 32.5 Å². The number of carbonyl (C=O) groups excluding carboxylic acids is 1. The largest absolute Gasteiger partial charge is 0.393 e. The third kappa shape index (κ3) is 2.59. The number of rotatable bonds is 2. The van der Waals surface area contributed by atoms with Gasteiger partial charge in [-0.3, -0.25) is 4.79 Å². The molecule has 20 heavy (non-hydrogen) atoms. The van der Waals surface area contributed by atoms with E-state index in [-0.39, 0.29) is 36.9 Å². The number of hydrogen-bond donors (Lipinski definition) is 1. The van der Waals surface area contributed by atoms with Crippen molar-refractivity contribution in [1.82, 2.24) is 14.7 Å². The van der Waals surface area contributed by atoms with Gasteiger partial charge in [0.25, 0.3) is 5.91 Å². The predicted molar refractivity (Wildman–Crippen MR) is 67.1 cm³/mol. The summed E-state index contributed by atoms with van der Waals surface area (Å²) in [4.78, 5) is 13.4. The fourth-order valence-corrected chi connectivity index (χ4v) is 2.33. The van der Waals surface area contributed by atoms with Gasteiger partial charge in [0.2, 0.25) is 0 Å². The zero-order valence-electron chi connectivity index (χ0n) is 11.3. The van der Waals surface area contributed by atoms with Crippen LogP contribution in [0.3, 0.4) is 0 Å². The number of likely N-dealkylation sites (tertiary alicyclic amines) is 1. The summed E-state index contributed by atoms with van der Waals surface area (Å²) < 4.78 is 39.3. The Morgan fingerprint density at radius 3 is 2.60 bits per heavy atom. The third-order valence-electron chi connectivity index (χ3n) is 3.49. The molecule has 112 valence electrons. The molecule has 0 saturated carbocycles. The van der Waals surface area contributed by atoms with Crippen molar-refractivity contribution in [3.63, 3.8) is 0 Å². The van der Waals surface area contributed by atoms with Crippen molar-refractivity contribution in [2.24, 2.45) is 5.92 Å². The van der Waals surface area contributed by atoms with Gasteiger partial charge in [0.1, 0.15) is 11.4 Å². The molecule has 0 spiro atoms. The van der Waals surface area contributed by atoms with Crippen LogP contribution in [0.5, 0.6) is 0 Å². The van der Waals surface area contributed by atoms with Gasteiger partial charge < -0.3 is 10.6 Å². The molecule has 1 fully saturated rings. The molecule has 1 aromatic heterocycles. The molecule has 1 atom stereocenters. The predicted octanol–water partition coefficient (Wildman–Crippen LogP) is 2.07. The summed E-state index contributed by atoms with van der Waals surface area (Å²) in [6.45, 7) is 3.49. The van der Waals surface area contributed by atoms with Gasteiger partial charge in [-0.05, 0) is 20.3 Å². The Morgan fingerprint density at radius 2 is 2.15 bits per heavy atom. The second kappa shape index (κ2) is 4.99. The first-order chi connectivity index (χ1) is 9.21. The summed E-state index contributed by atoms with van der Waals surface area (Å²) >= 11 is 0. The van der Waals surface area contributed by atoms with Crippen molar-refractivity contribution in [1.29, 1.82) is 0 Å². The molecule has 0 aliphatic carbocycles. The smallest absolute Gasteiger partial charge is 0.383 e. The third-order valence-corrected chi connectivity index (χ3v) is 3.49. The molecular formula is C12H17F3N4O. The van der Waals surface area contributed by atoms with Gasteiger partial charge in [0.05, 0.1) is 12.1 Å². The number of nitrogens with two attached hydrogens (primary N) is 1. The van der Waals surface area contributed by atoms with Gasteiger partial charge in [-0.25, -0.2) is 4.68 Å². The van der Waals surface area contributed by atoms with Gasteiger partial charge in [0, 0.05) is 19.1 Å². The molecule has 8 heteroatoms. The number of nitrogens with zero attached hydrogens (tertiary/aromatic N) is 3. The molecule has 2 rings (SSSR count). The number of halogens is 3. The minimum absolute atomic E-state index is 0.0157. The Bertz CT molecular complexity index is 509. The van der Waals surface area contributed by atoms with Crippen LogP contribution >= 0.6 is 0 Å². The Morgan fingerprint density at radius 1 is 1.50 bits per heavy atom. The highest BCUT2D eigenvalue weighted by atomic mass is 19.4. The van der Waals surface area contributed by atoms with E-state index in [1.807, 2.05) is 13.8 Å². The lowest BCUT2D eigenvalue weighted by molar-refractivity contribution is -0.169. The topological polar surface area (TPSA) is 64.2 Å². The lowest BCUT2D eigenvalue weighted by Gasteiger charge is -2.17. The van der Waals surface area contributed by atoms with E-state index in [2.05, 4.69) is 5.10 Å². The van der Waals surface area contributed by atoms with E-state index in [4.69, 9.17) is 5.73 Å². The number of aromatic nitrogens is 2. The molecule has 1 aromatic rings. The van der Waals surface area contributed by atoms with E-state index in [9.17, 15) is 18.0 Å². The van der Waals surface area contributed by atoms with Crippen LogP contribution in [-0.2, 0) is 0 Å².